The summed E-state index contributed by atoms with van der Waals surface area (Å²) in [6.45, 7) is 2.02. The maximum absolute atomic E-state index is 12.4. The number of hydrogen-bond donors (Lipinski definition) is 0. The number of aromatic nitrogens is 2. The Labute approximate surface area is 149 Å². The lowest BCUT2D eigenvalue weighted by atomic mass is 10.2. The molecule has 0 N–H and O–H groups in total. The molecule has 0 aliphatic heterocycles. The topological polar surface area (TPSA) is 56.0 Å². The summed E-state index contributed by atoms with van der Waals surface area (Å²) in [7, 11) is 0. The third-order valence-electron chi connectivity index (χ3n) is 3.99. The van der Waals surface area contributed by atoms with E-state index in [1.54, 1.807) is 0 Å². The second-order valence-corrected chi connectivity index (χ2v) is 6.62. The molecule has 0 atom stereocenters. The number of hydrogen-bond acceptors (Lipinski definition) is 5. The Morgan fingerprint density at radius 3 is 2.60 bits per heavy atom. The van der Waals surface area contributed by atoms with Gasteiger partial charge in [0.25, 0.3) is 0 Å². The molecule has 0 aliphatic rings. The molecule has 2 heterocycles. The van der Waals surface area contributed by atoms with Crippen LogP contribution >= 0.6 is 11.8 Å². The summed E-state index contributed by atoms with van der Waals surface area (Å²) >= 11 is 1.40. The predicted octanol–water partition coefficient (Wildman–Crippen LogP) is 4.91. The first kappa shape index (κ1) is 15.8. The fourth-order valence-corrected chi connectivity index (χ4v) is 3.58. The van der Waals surface area contributed by atoms with Gasteiger partial charge in [-0.1, -0.05) is 61.2 Å². The number of benzene rings is 2. The summed E-state index contributed by atoms with van der Waals surface area (Å²) < 4.78 is 5.96. The van der Waals surface area contributed by atoms with Crippen molar-refractivity contribution in [1.82, 2.24) is 9.97 Å². The average Bonchev–Trinajstić information content (AvgIpc) is 3.05. The molecule has 0 spiro atoms. The van der Waals surface area contributed by atoms with Crippen LogP contribution in [0.1, 0.15) is 23.1 Å². The molecule has 4 aromatic rings. The van der Waals surface area contributed by atoms with Crippen LogP contribution in [0, 0.1) is 0 Å². The predicted molar refractivity (Wildman–Crippen MR) is 100 cm³/mol. The summed E-state index contributed by atoms with van der Waals surface area (Å²) in [6, 6.07) is 17.1. The highest BCUT2D eigenvalue weighted by Crippen LogP contribution is 2.33. The van der Waals surface area contributed by atoms with Gasteiger partial charge in [-0.25, -0.2) is 9.97 Å². The van der Waals surface area contributed by atoms with Crippen molar-refractivity contribution < 1.29 is 9.21 Å². The standard InChI is InChI=1S/C20H16N2O2S/c1-2-17-21-18-14-10-6-7-11-16(14)24-19(18)20(22-17)25-12-15(23)13-8-4-3-5-9-13/h3-11H,2,12H2,1H3. The normalized spacial score (nSPS) is 11.2. The van der Waals surface area contributed by atoms with Crippen molar-refractivity contribution in [3.05, 3.63) is 66.0 Å². The number of thioether (sulfide) groups is 1. The van der Waals surface area contributed by atoms with Gasteiger partial charge in [0.05, 0.1) is 5.75 Å². The van der Waals surface area contributed by atoms with Gasteiger partial charge in [-0.15, -0.1) is 0 Å². The lowest BCUT2D eigenvalue weighted by Gasteiger charge is -2.04. The number of carbonyl (C=O) groups excluding carboxylic acids is 1. The van der Waals surface area contributed by atoms with E-state index in [9.17, 15) is 4.79 Å². The minimum Gasteiger partial charge on any atom is -0.451 e. The van der Waals surface area contributed by atoms with Crippen molar-refractivity contribution in [3.8, 4) is 0 Å². The summed E-state index contributed by atoms with van der Waals surface area (Å²) in [5, 5.41) is 1.70. The van der Waals surface area contributed by atoms with Gasteiger partial charge in [-0.3, -0.25) is 4.79 Å². The van der Waals surface area contributed by atoms with Crippen LogP contribution in [0.2, 0.25) is 0 Å². The zero-order valence-electron chi connectivity index (χ0n) is 13.7. The zero-order chi connectivity index (χ0) is 17.2. The highest BCUT2D eigenvalue weighted by molar-refractivity contribution is 8.00. The van der Waals surface area contributed by atoms with E-state index in [4.69, 9.17) is 4.42 Å². The number of aryl methyl sites for hydroxylation is 1. The van der Waals surface area contributed by atoms with E-state index in [0.29, 0.717) is 16.9 Å². The molecule has 2 aromatic heterocycles. The Hall–Kier alpha value is -2.66. The number of fused-ring (bicyclic) bond motifs is 3. The molecule has 0 amide bonds. The van der Waals surface area contributed by atoms with Crippen molar-refractivity contribution in [3.63, 3.8) is 0 Å². The van der Waals surface area contributed by atoms with Crippen molar-refractivity contribution >= 4 is 39.6 Å². The van der Waals surface area contributed by atoms with Crippen molar-refractivity contribution in [2.45, 2.75) is 18.4 Å². The molecule has 25 heavy (non-hydrogen) atoms. The zero-order valence-corrected chi connectivity index (χ0v) is 14.5. The number of ketones is 1. The third-order valence-corrected chi connectivity index (χ3v) is 4.94. The number of nitrogens with zero attached hydrogens (tertiary/aromatic N) is 2. The van der Waals surface area contributed by atoms with Crippen LogP contribution in [0.3, 0.4) is 0 Å². The molecule has 4 rings (SSSR count). The largest absolute Gasteiger partial charge is 0.451 e. The quantitative estimate of drug-likeness (QED) is 0.291. The minimum absolute atomic E-state index is 0.0755. The molecule has 2 aromatic carbocycles. The molecule has 0 saturated carbocycles. The summed E-state index contributed by atoms with van der Waals surface area (Å²) in [4.78, 5) is 21.6. The maximum atomic E-state index is 12.4. The van der Waals surface area contributed by atoms with E-state index >= 15 is 0 Å². The van der Waals surface area contributed by atoms with Gasteiger partial charge in [0.1, 0.15) is 22.0 Å². The Bertz CT molecular complexity index is 1060. The van der Waals surface area contributed by atoms with Crippen LogP contribution in [0.25, 0.3) is 22.1 Å². The first-order valence-corrected chi connectivity index (χ1v) is 9.14. The molecule has 0 aliphatic carbocycles. The van der Waals surface area contributed by atoms with Crippen molar-refractivity contribution in [2.24, 2.45) is 0 Å². The summed E-state index contributed by atoms with van der Waals surface area (Å²) in [5.41, 5.74) is 2.97. The van der Waals surface area contributed by atoms with E-state index in [1.807, 2.05) is 61.5 Å². The van der Waals surface area contributed by atoms with Gasteiger partial charge in [0.2, 0.25) is 0 Å². The number of furan rings is 1. The van der Waals surface area contributed by atoms with E-state index in [-0.39, 0.29) is 5.78 Å². The number of para-hydroxylation sites is 1. The Morgan fingerprint density at radius 2 is 1.80 bits per heavy atom. The SMILES string of the molecule is CCc1nc(SCC(=O)c2ccccc2)c2oc3ccccc3c2n1. The molecule has 0 saturated heterocycles. The lowest BCUT2D eigenvalue weighted by molar-refractivity contribution is 0.102. The fraction of sp³-hybridized carbons (Fsp3) is 0.150. The van der Waals surface area contributed by atoms with E-state index in [0.717, 1.165) is 33.8 Å². The third kappa shape index (κ3) is 3.03. The molecular formula is C20H16N2O2S. The van der Waals surface area contributed by atoms with Gasteiger partial charge in [0.15, 0.2) is 11.4 Å². The molecule has 0 bridgehead atoms. The van der Waals surface area contributed by atoms with E-state index < -0.39 is 0 Å². The van der Waals surface area contributed by atoms with Crippen molar-refractivity contribution in [1.29, 1.82) is 0 Å². The second-order valence-electron chi connectivity index (χ2n) is 5.65. The van der Waals surface area contributed by atoms with Gasteiger partial charge in [0, 0.05) is 17.4 Å². The minimum atomic E-state index is 0.0755. The van der Waals surface area contributed by atoms with Crippen LogP contribution in [-0.4, -0.2) is 21.5 Å². The Morgan fingerprint density at radius 1 is 1.04 bits per heavy atom. The molecule has 0 radical (unpaired) electrons. The number of rotatable bonds is 5. The average molecular weight is 348 g/mol. The summed E-state index contributed by atoms with van der Waals surface area (Å²) in [5.74, 6) is 1.15. The van der Waals surface area contributed by atoms with Crippen LogP contribution in [-0.2, 0) is 6.42 Å². The van der Waals surface area contributed by atoms with Crippen LogP contribution in [0.15, 0.2) is 64.0 Å². The first-order valence-electron chi connectivity index (χ1n) is 8.15. The Balaban J connectivity index is 1.72. The highest BCUT2D eigenvalue weighted by atomic mass is 32.2. The Kier molecular flexibility index (Phi) is 4.24. The molecule has 5 heteroatoms. The maximum Gasteiger partial charge on any atom is 0.186 e. The van der Waals surface area contributed by atoms with Crippen LogP contribution < -0.4 is 0 Å². The van der Waals surface area contributed by atoms with E-state index in [2.05, 4.69) is 9.97 Å². The second kappa shape index (κ2) is 6.69. The van der Waals surface area contributed by atoms with Gasteiger partial charge in [-0.2, -0.15) is 0 Å². The van der Waals surface area contributed by atoms with Crippen LogP contribution in [0.4, 0.5) is 0 Å². The van der Waals surface area contributed by atoms with Gasteiger partial charge in [-0.05, 0) is 12.1 Å². The first-order chi connectivity index (χ1) is 12.3. The lowest BCUT2D eigenvalue weighted by Crippen LogP contribution is -2.03. The summed E-state index contributed by atoms with van der Waals surface area (Å²) in [6.07, 6.45) is 0.732. The molecular weight excluding hydrogens is 332 g/mol. The van der Waals surface area contributed by atoms with Gasteiger partial charge < -0.3 is 4.42 Å². The fourth-order valence-electron chi connectivity index (χ4n) is 2.71. The van der Waals surface area contributed by atoms with Crippen LogP contribution in [0.5, 0.6) is 0 Å². The molecule has 124 valence electrons. The molecule has 0 unspecified atom stereocenters. The van der Waals surface area contributed by atoms with Crippen molar-refractivity contribution in [2.75, 3.05) is 5.75 Å². The monoisotopic (exact) mass is 348 g/mol. The highest BCUT2D eigenvalue weighted by Gasteiger charge is 2.17. The number of carbonyl (C=O) groups is 1. The van der Waals surface area contributed by atoms with E-state index in [1.165, 1.54) is 11.8 Å². The molecule has 0 fully saturated rings. The molecule has 4 nitrogen and oxygen atoms in total. The number of Topliss-reactive ketones (excluding diaryl/α,β-unsaturated/α-hetero) is 1. The van der Waals surface area contributed by atoms with Gasteiger partial charge >= 0.3 is 0 Å². The smallest absolute Gasteiger partial charge is 0.186 e.